The molecule has 4 saturated carbocycles. The van der Waals surface area contributed by atoms with Crippen molar-refractivity contribution in [2.75, 3.05) is 0 Å². The summed E-state index contributed by atoms with van der Waals surface area (Å²) >= 11 is 1.78. The Bertz CT molecular complexity index is 1130. The van der Waals surface area contributed by atoms with E-state index in [9.17, 15) is 4.79 Å². The summed E-state index contributed by atoms with van der Waals surface area (Å²) in [5, 5.41) is 1.30. The fourth-order valence-electron chi connectivity index (χ4n) is 6.81. The summed E-state index contributed by atoms with van der Waals surface area (Å²) in [6, 6.07) is 6.02. The van der Waals surface area contributed by atoms with Gasteiger partial charge in [-0.15, -0.1) is 11.3 Å². The van der Waals surface area contributed by atoms with Gasteiger partial charge in [0, 0.05) is 17.3 Å². The molecule has 7 rings (SSSR count). The van der Waals surface area contributed by atoms with Crippen molar-refractivity contribution in [1.29, 1.82) is 0 Å². The summed E-state index contributed by atoms with van der Waals surface area (Å²) in [4.78, 5) is 23.1. The largest absolute Gasteiger partial charge is 0.461 e. The Labute approximate surface area is 186 Å². The van der Waals surface area contributed by atoms with Gasteiger partial charge in [-0.3, -0.25) is 4.79 Å². The van der Waals surface area contributed by atoms with E-state index >= 15 is 0 Å². The number of carbonyl (C=O) groups excluding carboxylic acids is 1. The first-order valence-corrected chi connectivity index (χ1v) is 12.3. The first-order valence-electron chi connectivity index (χ1n) is 11.5. The Hall–Kier alpha value is -2.21. The molecule has 0 saturated heterocycles. The number of fused-ring (bicyclic) bond motifs is 1. The molecule has 0 atom stereocenters. The molecule has 0 radical (unpaired) electrons. The van der Waals surface area contributed by atoms with Gasteiger partial charge in [0.15, 0.2) is 0 Å². The van der Waals surface area contributed by atoms with E-state index in [1.54, 1.807) is 17.7 Å². The molecular weight excluding hydrogens is 406 g/mol. The van der Waals surface area contributed by atoms with E-state index in [4.69, 9.17) is 9.72 Å². The van der Waals surface area contributed by atoms with Crippen LogP contribution in [-0.4, -0.2) is 20.5 Å². The first-order chi connectivity index (χ1) is 15.0. The van der Waals surface area contributed by atoms with E-state index in [2.05, 4.69) is 11.9 Å². The van der Waals surface area contributed by atoms with Crippen molar-refractivity contribution in [3.05, 3.63) is 45.7 Å². The van der Waals surface area contributed by atoms with E-state index in [1.807, 2.05) is 29.8 Å². The number of esters is 1. The van der Waals surface area contributed by atoms with Crippen LogP contribution in [0.25, 0.3) is 11.0 Å². The summed E-state index contributed by atoms with van der Waals surface area (Å²) in [7, 11) is 1.98. The van der Waals surface area contributed by atoms with Crippen LogP contribution in [0.4, 0.5) is 0 Å². The van der Waals surface area contributed by atoms with E-state index in [-0.39, 0.29) is 12.6 Å². The van der Waals surface area contributed by atoms with Crippen LogP contribution < -0.4 is 0 Å². The zero-order valence-corrected chi connectivity index (χ0v) is 19.1. The Morgan fingerprint density at radius 1 is 1.19 bits per heavy atom. The minimum Gasteiger partial charge on any atom is -0.461 e. The van der Waals surface area contributed by atoms with Crippen molar-refractivity contribution in [3.63, 3.8) is 0 Å². The number of hydrogen-bond donors (Lipinski definition) is 0. The SMILES string of the molecule is Cc1nc(C23CC4CC(CC(C4)C2)C3)sc1CC(=O)OCc1ccc2c(c1)ncn2C. The highest BCUT2D eigenvalue weighted by atomic mass is 32.1. The number of aromatic nitrogens is 3. The molecule has 31 heavy (non-hydrogen) atoms. The average Bonchev–Trinajstić information content (AvgIpc) is 3.28. The maximum absolute atomic E-state index is 12.6. The predicted molar refractivity (Wildman–Crippen MR) is 121 cm³/mol. The van der Waals surface area contributed by atoms with Crippen LogP contribution >= 0.6 is 11.3 Å². The molecule has 4 bridgehead atoms. The molecule has 2 aromatic heterocycles. The lowest BCUT2D eigenvalue weighted by molar-refractivity contribution is -0.144. The van der Waals surface area contributed by atoms with Crippen molar-refractivity contribution in [3.8, 4) is 0 Å². The molecule has 2 heterocycles. The lowest BCUT2D eigenvalue weighted by Crippen LogP contribution is -2.48. The van der Waals surface area contributed by atoms with Gasteiger partial charge in [0.1, 0.15) is 6.61 Å². The van der Waals surface area contributed by atoms with Crippen molar-refractivity contribution in [2.45, 2.75) is 63.9 Å². The molecule has 6 heteroatoms. The lowest BCUT2D eigenvalue weighted by Gasteiger charge is -2.56. The summed E-state index contributed by atoms with van der Waals surface area (Å²) < 4.78 is 7.59. The number of hydrogen-bond acceptors (Lipinski definition) is 5. The molecule has 162 valence electrons. The Balaban J connectivity index is 1.13. The van der Waals surface area contributed by atoms with Crippen LogP contribution in [0.15, 0.2) is 24.5 Å². The fourth-order valence-corrected chi connectivity index (χ4v) is 8.07. The first kappa shape index (κ1) is 19.5. The smallest absolute Gasteiger partial charge is 0.311 e. The molecule has 0 aliphatic heterocycles. The summed E-state index contributed by atoms with van der Waals surface area (Å²) in [5.74, 6) is 2.53. The van der Waals surface area contributed by atoms with Crippen LogP contribution in [0.2, 0.25) is 0 Å². The Morgan fingerprint density at radius 2 is 1.90 bits per heavy atom. The van der Waals surface area contributed by atoms with Gasteiger partial charge in [0.25, 0.3) is 0 Å². The molecule has 0 unspecified atom stereocenters. The van der Waals surface area contributed by atoms with Gasteiger partial charge < -0.3 is 9.30 Å². The van der Waals surface area contributed by atoms with E-state index in [0.717, 1.165) is 44.9 Å². The highest BCUT2D eigenvalue weighted by Gasteiger charge is 2.53. The molecule has 4 fully saturated rings. The van der Waals surface area contributed by atoms with Crippen LogP contribution in [-0.2, 0) is 35.0 Å². The van der Waals surface area contributed by atoms with Crippen LogP contribution in [0, 0.1) is 24.7 Å². The third-order valence-corrected chi connectivity index (χ3v) is 9.28. The molecular formula is C25H29N3O2S. The topological polar surface area (TPSA) is 57.0 Å². The molecule has 0 N–H and O–H groups in total. The van der Waals surface area contributed by atoms with Gasteiger partial charge in [0.05, 0.1) is 34.5 Å². The predicted octanol–water partition coefficient (Wildman–Crippen LogP) is 5.09. The van der Waals surface area contributed by atoms with Gasteiger partial charge in [-0.25, -0.2) is 9.97 Å². The summed E-state index contributed by atoms with van der Waals surface area (Å²) in [5.41, 5.74) is 4.28. The van der Waals surface area contributed by atoms with Gasteiger partial charge in [-0.1, -0.05) is 6.07 Å². The zero-order valence-electron chi connectivity index (χ0n) is 18.3. The van der Waals surface area contributed by atoms with Gasteiger partial charge in [0.2, 0.25) is 0 Å². The number of aryl methyl sites for hydroxylation is 2. The third kappa shape index (κ3) is 3.39. The monoisotopic (exact) mass is 435 g/mol. The normalized spacial score (nSPS) is 29.0. The second-order valence-electron chi connectivity index (χ2n) is 10.2. The molecule has 0 spiro atoms. The van der Waals surface area contributed by atoms with Crippen LogP contribution in [0.3, 0.4) is 0 Å². The van der Waals surface area contributed by atoms with Crippen molar-refractivity contribution in [2.24, 2.45) is 24.8 Å². The molecule has 3 aromatic rings. The Kier molecular flexibility index (Phi) is 4.50. The second kappa shape index (κ2) is 7.16. The minimum atomic E-state index is -0.176. The van der Waals surface area contributed by atoms with Crippen LogP contribution in [0.5, 0.6) is 0 Å². The maximum atomic E-state index is 12.6. The molecule has 4 aliphatic rings. The minimum absolute atomic E-state index is 0.176. The van der Waals surface area contributed by atoms with Gasteiger partial charge in [-0.05, 0) is 80.9 Å². The summed E-state index contributed by atoms with van der Waals surface area (Å²) in [6.45, 7) is 2.34. The van der Waals surface area contributed by atoms with Gasteiger partial charge in [-0.2, -0.15) is 0 Å². The van der Waals surface area contributed by atoms with E-state index < -0.39 is 0 Å². The molecule has 1 aromatic carbocycles. The molecule has 5 nitrogen and oxygen atoms in total. The number of imidazole rings is 1. The van der Waals surface area contributed by atoms with Crippen molar-refractivity contribution >= 4 is 28.3 Å². The zero-order chi connectivity index (χ0) is 21.2. The highest BCUT2D eigenvalue weighted by molar-refractivity contribution is 7.12. The lowest BCUT2D eigenvalue weighted by atomic mass is 9.50. The average molecular weight is 436 g/mol. The number of carbonyl (C=O) groups is 1. The molecule has 0 amide bonds. The molecule has 4 aliphatic carbocycles. The fraction of sp³-hybridized carbons (Fsp3) is 0.560. The van der Waals surface area contributed by atoms with E-state index in [0.29, 0.717) is 11.8 Å². The number of ether oxygens (including phenoxy) is 1. The number of benzene rings is 1. The second-order valence-corrected chi connectivity index (χ2v) is 11.3. The Morgan fingerprint density at radius 3 is 2.61 bits per heavy atom. The summed E-state index contributed by atoms with van der Waals surface area (Å²) in [6.07, 6.45) is 10.4. The van der Waals surface area contributed by atoms with Crippen molar-refractivity contribution < 1.29 is 9.53 Å². The standard InChI is InChI=1S/C25H29N3O2S/c1-15-22(9-23(29)30-13-16-3-4-21-20(8-16)26-14-28(21)2)31-24(27-15)25-10-17-5-18(11-25)7-19(6-17)12-25/h3-4,8,14,17-19H,5-7,9-13H2,1-2H3. The van der Waals surface area contributed by atoms with Gasteiger partial charge >= 0.3 is 5.97 Å². The maximum Gasteiger partial charge on any atom is 0.311 e. The number of thiazole rings is 1. The quantitative estimate of drug-likeness (QED) is 0.524. The highest BCUT2D eigenvalue weighted by Crippen LogP contribution is 2.61. The number of nitrogens with zero attached hydrogens (tertiary/aromatic N) is 3. The van der Waals surface area contributed by atoms with Crippen molar-refractivity contribution in [1.82, 2.24) is 14.5 Å². The third-order valence-electron chi connectivity index (χ3n) is 7.88. The number of rotatable bonds is 5. The van der Waals surface area contributed by atoms with Crippen LogP contribution in [0.1, 0.15) is 59.7 Å². The van der Waals surface area contributed by atoms with E-state index in [1.165, 1.54) is 43.5 Å².